The number of halogens is 2. The Hall–Kier alpha value is -0.580. The van der Waals surface area contributed by atoms with Crippen molar-refractivity contribution in [3.8, 4) is 0 Å². The van der Waals surface area contributed by atoms with E-state index in [2.05, 4.69) is 6.58 Å². The van der Waals surface area contributed by atoms with Gasteiger partial charge >= 0.3 is 0 Å². The molecule has 1 atom stereocenters. The van der Waals surface area contributed by atoms with Crippen LogP contribution in [0.1, 0.15) is 37.7 Å². The minimum Gasteiger partial charge on any atom is -0.344 e. The van der Waals surface area contributed by atoms with Gasteiger partial charge in [0, 0.05) is 12.8 Å². The molecule has 1 heterocycles. The molecule has 1 aromatic rings. The maximum Gasteiger partial charge on any atom is 0.201 e. The van der Waals surface area contributed by atoms with Crippen LogP contribution in [0, 0.1) is 0 Å². The Morgan fingerprint density at radius 3 is 2.52 bits per heavy atom. The van der Waals surface area contributed by atoms with Crippen LogP contribution in [-0.4, -0.2) is 18.5 Å². The van der Waals surface area contributed by atoms with E-state index in [9.17, 15) is 0 Å². The molecule has 3 nitrogen and oxygen atoms in total. The van der Waals surface area contributed by atoms with Crippen molar-refractivity contribution in [3.05, 3.63) is 40.4 Å². The van der Waals surface area contributed by atoms with E-state index in [1.54, 1.807) is 12.1 Å². The predicted octanol–water partition coefficient (Wildman–Crippen LogP) is 5.01. The summed E-state index contributed by atoms with van der Waals surface area (Å²) >= 11 is 12.0. The average Bonchev–Trinajstić information content (AvgIpc) is 2.51. The van der Waals surface area contributed by atoms with Crippen LogP contribution < -0.4 is 0 Å². The predicted molar refractivity (Wildman–Crippen MR) is 83.2 cm³/mol. The topological polar surface area (TPSA) is 27.7 Å². The zero-order valence-corrected chi connectivity index (χ0v) is 13.3. The first-order valence-electron chi connectivity index (χ1n) is 7.22. The third kappa shape index (κ3) is 3.27. The number of hydrogen-bond acceptors (Lipinski definition) is 3. The van der Waals surface area contributed by atoms with Crippen LogP contribution in [0.3, 0.4) is 0 Å². The van der Waals surface area contributed by atoms with Gasteiger partial charge in [0.15, 0.2) is 0 Å². The van der Waals surface area contributed by atoms with Crippen molar-refractivity contribution in [1.29, 1.82) is 0 Å². The zero-order chi connectivity index (χ0) is 14.9. The summed E-state index contributed by atoms with van der Waals surface area (Å²) in [5.41, 5.74) is 1.65. The van der Waals surface area contributed by atoms with Crippen LogP contribution in [0.4, 0.5) is 0 Å². The van der Waals surface area contributed by atoms with Gasteiger partial charge in [-0.1, -0.05) is 42.3 Å². The van der Waals surface area contributed by atoms with Gasteiger partial charge in [-0.05, 0) is 36.1 Å². The second-order valence-corrected chi connectivity index (χ2v) is 6.42. The van der Waals surface area contributed by atoms with E-state index >= 15 is 0 Å². The standard InChI is InChI=1S/C16H18Cl2O3/c1-11(12-5-6-13(17)14(18)9-12)15-10-19-16(21-20-15)7-3-2-4-8-16/h5-6,9,15H,1-4,7-8,10H2. The van der Waals surface area contributed by atoms with Gasteiger partial charge in [-0.2, -0.15) is 0 Å². The molecule has 1 spiro atoms. The zero-order valence-electron chi connectivity index (χ0n) is 11.7. The van der Waals surface area contributed by atoms with E-state index in [0.717, 1.165) is 36.8 Å². The second kappa shape index (κ2) is 6.27. The van der Waals surface area contributed by atoms with Gasteiger partial charge in [0.2, 0.25) is 5.79 Å². The van der Waals surface area contributed by atoms with Crippen molar-refractivity contribution in [1.82, 2.24) is 0 Å². The summed E-state index contributed by atoms with van der Waals surface area (Å²) in [4.78, 5) is 11.1. The van der Waals surface area contributed by atoms with Gasteiger partial charge in [0.1, 0.15) is 6.10 Å². The summed E-state index contributed by atoms with van der Waals surface area (Å²) in [6, 6.07) is 5.39. The normalized spacial score (nSPS) is 25.0. The largest absolute Gasteiger partial charge is 0.344 e. The second-order valence-electron chi connectivity index (χ2n) is 5.60. The third-order valence-electron chi connectivity index (χ3n) is 4.11. The highest BCUT2D eigenvalue weighted by molar-refractivity contribution is 6.42. The molecule has 0 radical (unpaired) electrons. The molecule has 0 N–H and O–H groups in total. The molecule has 1 aliphatic heterocycles. The molecule has 0 bridgehead atoms. The molecule has 1 unspecified atom stereocenters. The average molecular weight is 329 g/mol. The molecule has 114 valence electrons. The highest BCUT2D eigenvalue weighted by Crippen LogP contribution is 2.38. The number of rotatable bonds is 2. The summed E-state index contributed by atoms with van der Waals surface area (Å²) in [7, 11) is 0. The fourth-order valence-corrected chi connectivity index (χ4v) is 3.08. The molecule has 0 amide bonds. The van der Waals surface area contributed by atoms with E-state index in [4.69, 9.17) is 37.7 Å². The van der Waals surface area contributed by atoms with E-state index < -0.39 is 5.79 Å². The summed E-state index contributed by atoms with van der Waals surface area (Å²) < 4.78 is 5.95. The Bertz CT molecular complexity index is 528. The van der Waals surface area contributed by atoms with E-state index in [1.165, 1.54) is 6.42 Å². The maximum absolute atomic E-state index is 6.04. The van der Waals surface area contributed by atoms with Gasteiger partial charge in [0.25, 0.3) is 0 Å². The lowest BCUT2D eigenvalue weighted by atomic mass is 9.94. The number of hydrogen-bond donors (Lipinski definition) is 0. The fraction of sp³-hybridized carbons (Fsp3) is 0.500. The van der Waals surface area contributed by atoms with E-state index in [-0.39, 0.29) is 6.10 Å². The van der Waals surface area contributed by atoms with Crippen molar-refractivity contribution < 1.29 is 14.5 Å². The lowest BCUT2D eigenvalue weighted by molar-refractivity contribution is -0.483. The first-order valence-corrected chi connectivity index (χ1v) is 7.98. The summed E-state index contributed by atoms with van der Waals surface area (Å²) in [6.07, 6.45) is 4.91. The van der Waals surface area contributed by atoms with Crippen molar-refractivity contribution in [2.45, 2.75) is 44.0 Å². The molecule has 5 heteroatoms. The van der Waals surface area contributed by atoms with Gasteiger partial charge in [-0.25, -0.2) is 9.78 Å². The Morgan fingerprint density at radius 1 is 1.14 bits per heavy atom. The third-order valence-corrected chi connectivity index (χ3v) is 4.85. The Morgan fingerprint density at radius 2 is 1.90 bits per heavy atom. The minimum atomic E-state index is -0.549. The molecule has 1 aliphatic carbocycles. The van der Waals surface area contributed by atoms with Crippen LogP contribution in [0.25, 0.3) is 5.57 Å². The van der Waals surface area contributed by atoms with Crippen LogP contribution in [-0.2, 0) is 14.5 Å². The minimum absolute atomic E-state index is 0.324. The maximum atomic E-state index is 6.04. The van der Waals surface area contributed by atoms with Gasteiger partial charge in [-0.15, -0.1) is 0 Å². The van der Waals surface area contributed by atoms with E-state index in [0.29, 0.717) is 16.7 Å². The van der Waals surface area contributed by atoms with Crippen LogP contribution in [0.5, 0.6) is 0 Å². The highest BCUT2D eigenvalue weighted by atomic mass is 35.5. The first-order chi connectivity index (χ1) is 10.1. The lowest BCUT2D eigenvalue weighted by Gasteiger charge is -2.41. The molecular weight excluding hydrogens is 311 g/mol. The molecule has 3 rings (SSSR count). The number of benzene rings is 1. The van der Waals surface area contributed by atoms with Gasteiger partial charge < -0.3 is 4.74 Å². The molecule has 1 saturated heterocycles. The molecule has 0 aromatic heterocycles. The smallest absolute Gasteiger partial charge is 0.201 e. The van der Waals surface area contributed by atoms with Crippen molar-refractivity contribution in [2.75, 3.05) is 6.61 Å². The Kier molecular flexibility index (Phi) is 4.57. The van der Waals surface area contributed by atoms with Crippen LogP contribution in [0.15, 0.2) is 24.8 Å². The van der Waals surface area contributed by atoms with Crippen molar-refractivity contribution >= 4 is 28.8 Å². The molecule has 2 fully saturated rings. The number of ether oxygens (including phenoxy) is 1. The van der Waals surface area contributed by atoms with Crippen LogP contribution in [0.2, 0.25) is 10.0 Å². The molecule has 21 heavy (non-hydrogen) atoms. The van der Waals surface area contributed by atoms with Crippen LogP contribution >= 0.6 is 23.2 Å². The molecule has 1 aromatic carbocycles. The monoisotopic (exact) mass is 328 g/mol. The van der Waals surface area contributed by atoms with E-state index in [1.807, 2.05) is 6.07 Å². The lowest BCUT2D eigenvalue weighted by Crippen LogP contribution is -2.46. The molecule has 2 aliphatic rings. The SMILES string of the molecule is C=C(c1ccc(Cl)c(Cl)c1)C1COC2(CCCCC2)OO1. The molecule has 1 saturated carbocycles. The highest BCUT2D eigenvalue weighted by Gasteiger charge is 2.41. The quantitative estimate of drug-likeness (QED) is 0.714. The van der Waals surface area contributed by atoms with Crippen molar-refractivity contribution in [2.24, 2.45) is 0 Å². The van der Waals surface area contributed by atoms with Gasteiger partial charge in [-0.3, -0.25) is 0 Å². The Labute approximate surface area is 134 Å². The van der Waals surface area contributed by atoms with Gasteiger partial charge in [0.05, 0.1) is 16.7 Å². The first kappa shape index (κ1) is 15.3. The Balaban J connectivity index is 1.65. The fourth-order valence-electron chi connectivity index (χ4n) is 2.78. The summed E-state index contributed by atoms with van der Waals surface area (Å²) in [6.45, 7) is 4.51. The summed E-state index contributed by atoms with van der Waals surface area (Å²) in [5, 5.41) is 1.02. The summed E-state index contributed by atoms with van der Waals surface area (Å²) in [5.74, 6) is -0.549. The molecular formula is C16H18Cl2O3. The van der Waals surface area contributed by atoms with Crippen molar-refractivity contribution in [3.63, 3.8) is 0 Å².